The number of cyclic esters (lactones) is 1. The lowest BCUT2D eigenvalue weighted by Crippen LogP contribution is -2.27. The molecule has 0 radical (unpaired) electrons. The third-order valence-corrected chi connectivity index (χ3v) is 6.18. The van der Waals surface area contributed by atoms with Gasteiger partial charge in [-0.25, -0.2) is 0 Å². The lowest BCUT2D eigenvalue weighted by Gasteiger charge is -2.21. The number of carbonyl (C=O) groups is 3. The minimum Gasteiger partial charge on any atom is -0.461 e. The van der Waals surface area contributed by atoms with Crippen LogP contribution < -0.4 is 0 Å². The van der Waals surface area contributed by atoms with Crippen molar-refractivity contribution < 1.29 is 19.1 Å². The molecule has 1 saturated heterocycles. The number of ketones is 2. The van der Waals surface area contributed by atoms with Gasteiger partial charge in [-0.1, -0.05) is 72.3 Å². The molecule has 1 fully saturated rings. The third-order valence-electron chi connectivity index (χ3n) is 5.93. The molecule has 162 valence electrons. The maximum absolute atomic E-state index is 12.9. The molecule has 3 aromatic carbocycles. The summed E-state index contributed by atoms with van der Waals surface area (Å²) in [6.07, 6.45) is 0.114. The zero-order valence-electron chi connectivity index (χ0n) is 17.4. The summed E-state index contributed by atoms with van der Waals surface area (Å²) in [5.74, 6) is -1.51. The van der Waals surface area contributed by atoms with E-state index in [4.69, 9.17) is 16.3 Å². The van der Waals surface area contributed by atoms with E-state index in [2.05, 4.69) is 0 Å². The zero-order valence-corrected chi connectivity index (χ0v) is 18.2. The fourth-order valence-corrected chi connectivity index (χ4v) is 4.35. The molecule has 0 unspecified atom stereocenters. The Balaban J connectivity index is 1.56. The molecule has 1 aliphatic heterocycles. The molecule has 0 bridgehead atoms. The van der Waals surface area contributed by atoms with Gasteiger partial charge in [-0.3, -0.25) is 14.4 Å². The molecule has 32 heavy (non-hydrogen) atoms. The molecule has 0 N–H and O–H groups in total. The van der Waals surface area contributed by atoms with Gasteiger partial charge in [0.25, 0.3) is 0 Å². The maximum atomic E-state index is 12.9. The Bertz CT molecular complexity index is 1090. The zero-order chi connectivity index (χ0) is 22.5. The molecule has 4 rings (SSSR count). The van der Waals surface area contributed by atoms with Crippen LogP contribution in [0.1, 0.15) is 39.1 Å². The van der Waals surface area contributed by atoms with E-state index in [1.54, 1.807) is 36.4 Å². The first-order valence-electron chi connectivity index (χ1n) is 10.6. The van der Waals surface area contributed by atoms with Crippen LogP contribution in [0.15, 0.2) is 84.9 Å². The molecule has 3 atom stereocenters. The summed E-state index contributed by atoms with van der Waals surface area (Å²) in [6, 6.07) is 25.4. The monoisotopic (exact) mass is 446 g/mol. The number of carbonyl (C=O) groups excluding carboxylic acids is 3. The first-order valence-corrected chi connectivity index (χ1v) is 11.0. The third kappa shape index (κ3) is 5.14. The Morgan fingerprint density at radius 1 is 0.750 bits per heavy atom. The number of esters is 1. The first-order chi connectivity index (χ1) is 15.5. The number of rotatable bonds is 8. The number of benzene rings is 3. The van der Waals surface area contributed by atoms with Gasteiger partial charge in [0.15, 0.2) is 11.6 Å². The van der Waals surface area contributed by atoms with E-state index >= 15 is 0 Å². The van der Waals surface area contributed by atoms with E-state index in [0.717, 1.165) is 5.56 Å². The van der Waals surface area contributed by atoms with Crippen molar-refractivity contribution in [2.75, 3.05) is 0 Å². The molecule has 3 aromatic rings. The van der Waals surface area contributed by atoms with Gasteiger partial charge in [0.2, 0.25) is 0 Å². The van der Waals surface area contributed by atoms with Gasteiger partial charge < -0.3 is 4.74 Å². The van der Waals surface area contributed by atoms with Crippen molar-refractivity contribution in [1.82, 2.24) is 0 Å². The largest absolute Gasteiger partial charge is 0.461 e. The van der Waals surface area contributed by atoms with Crippen molar-refractivity contribution in [3.05, 3.63) is 107 Å². The molecular formula is C27H23ClO4. The van der Waals surface area contributed by atoms with E-state index in [9.17, 15) is 14.4 Å². The van der Waals surface area contributed by atoms with Crippen molar-refractivity contribution in [1.29, 1.82) is 0 Å². The summed E-state index contributed by atoms with van der Waals surface area (Å²) >= 11 is 5.92. The fraction of sp³-hybridized carbons (Fsp3) is 0.222. The summed E-state index contributed by atoms with van der Waals surface area (Å²) in [5.41, 5.74) is 2.13. The molecule has 0 spiro atoms. The van der Waals surface area contributed by atoms with Crippen molar-refractivity contribution in [3.8, 4) is 0 Å². The van der Waals surface area contributed by atoms with Gasteiger partial charge >= 0.3 is 5.97 Å². The molecule has 4 nitrogen and oxygen atoms in total. The number of hydrogen-bond acceptors (Lipinski definition) is 4. The lowest BCUT2D eigenvalue weighted by molar-refractivity contribution is -0.144. The standard InChI is InChI=1S/C27H23ClO4/c28-21-13-11-20(12-14-21)24(29)16-23-22(15-18-7-3-1-4-8-18)26(32-27(23)31)17-25(30)19-9-5-2-6-10-19/h1-14,22-23,26H,15-17H2/t22-,23+,26+/m1/s1. The summed E-state index contributed by atoms with van der Waals surface area (Å²) < 4.78 is 5.67. The molecular weight excluding hydrogens is 424 g/mol. The summed E-state index contributed by atoms with van der Waals surface area (Å²) in [4.78, 5) is 38.5. The second kappa shape index (κ2) is 9.92. The Labute approximate surface area is 192 Å². The maximum Gasteiger partial charge on any atom is 0.310 e. The lowest BCUT2D eigenvalue weighted by atomic mass is 9.80. The quantitative estimate of drug-likeness (QED) is 0.334. The summed E-state index contributed by atoms with van der Waals surface area (Å²) in [7, 11) is 0. The molecule has 1 aliphatic rings. The normalized spacial score (nSPS) is 20.0. The molecule has 1 heterocycles. The van der Waals surface area contributed by atoms with E-state index in [1.807, 2.05) is 48.5 Å². The molecule has 0 aromatic heterocycles. The highest BCUT2D eigenvalue weighted by atomic mass is 35.5. The van der Waals surface area contributed by atoms with Crippen molar-refractivity contribution >= 4 is 29.1 Å². The smallest absolute Gasteiger partial charge is 0.310 e. The predicted octanol–water partition coefficient (Wildman–Crippen LogP) is 5.59. The van der Waals surface area contributed by atoms with E-state index in [-0.39, 0.29) is 30.3 Å². The predicted molar refractivity (Wildman–Crippen MR) is 123 cm³/mol. The van der Waals surface area contributed by atoms with Crippen LogP contribution >= 0.6 is 11.6 Å². The Kier molecular flexibility index (Phi) is 6.81. The van der Waals surface area contributed by atoms with Crippen molar-refractivity contribution in [2.24, 2.45) is 11.8 Å². The van der Waals surface area contributed by atoms with Crippen molar-refractivity contribution in [2.45, 2.75) is 25.4 Å². The number of hydrogen-bond donors (Lipinski definition) is 0. The van der Waals surface area contributed by atoms with Crippen LogP contribution in [0.5, 0.6) is 0 Å². The van der Waals surface area contributed by atoms with Crippen LogP contribution in [-0.2, 0) is 16.0 Å². The average molecular weight is 447 g/mol. The van der Waals surface area contributed by atoms with E-state index < -0.39 is 18.0 Å². The van der Waals surface area contributed by atoms with Gasteiger partial charge in [-0.05, 0) is 36.2 Å². The van der Waals surface area contributed by atoms with Crippen molar-refractivity contribution in [3.63, 3.8) is 0 Å². The van der Waals surface area contributed by atoms with Crippen LogP contribution in [0, 0.1) is 11.8 Å². The first kappa shape index (κ1) is 22.0. The summed E-state index contributed by atoms with van der Waals surface area (Å²) in [6.45, 7) is 0. The molecule has 5 heteroatoms. The van der Waals surface area contributed by atoms with Crippen LogP contribution in [0.4, 0.5) is 0 Å². The van der Waals surface area contributed by atoms with Crippen LogP contribution in [0.2, 0.25) is 5.02 Å². The average Bonchev–Trinajstić information content (AvgIpc) is 3.09. The Morgan fingerprint density at radius 3 is 1.97 bits per heavy atom. The second-order valence-electron chi connectivity index (χ2n) is 8.06. The number of ether oxygens (including phenoxy) is 1. The summed E-state index contributed by atoms with van der Waals surface area (Å²) in [5, 5.41) is 0.545. The van der Waals surface area contributed by atoms with Gasteiger partial charge in [0.05, 0.1) is 5.92 Å². The molecule has 0 saturated carbocycles. The van der Waals surface area contributed by atoms with Gasteiger partial charge in [0.1, 0.15) is 6.10 Å². The number of Topliss-reactive ketones (excluding diaryl/α,β-unsaturated/α-hetero) is 2. The second-order valence-corrected chi connectivity index (χ2v) is 8.50. The Morgan fingerprint density at radius 2 is 1.31 bits per heavy atom. The topological polar surface area (TPSA) is 60.4 Å². The highest BCUT2D eigenvalue weighted by Crippen LogP contribution is 2.37. The minimum atomic E-state index is -0.605. The van der Waals surface area contributed by atoms with E-state index in [0.29, 0.717) is 22.6 Å². The van der Waals surface area contributed by atoms with Crippen LogP contribution in [-0.4, -0.2) is 23.6 Å². The van der Waals surface area contributed by atoms with Gasteiger partial charge in [-0.15, -0.1) is 0 Å². The molecule has 0 aliphatic carbocycles. The van der Waals surface area contributed by atoms with Crippen LogP contribution in [0.3, 0.4) is 0 Å². The van der Waals surface area contributed by atoms with Gasteiger partial charge in [-0.2, -0.15) is 0 Å². The van der Waals surface area contributed by atoms with Crippen LogP contribution in [0.25, 0.3) is 0 Å². The van der Waals surface area contributed by atoms with Gasteiger partial charge in [0, 0.05) is 34.9 Å². The highest BCUT2D eigenvalue weighted by molar-refractivity contribution is 6.30. The molecule has 0 amide bonds. The minimum absolute atomic E-state index is 0.0357. The highest BCUT2D eigenvalue weighted by Gasteiger charge is 2.46. The Hall–Kier alpha value is -3.24. The number of halogens is 1. The van der Waals surface area contributed by atoms with E-state index in [1.165, 1.54) is 0 Å². The fourth-order valence-electron chi connectivity index (χ4n) is 4.22. The SMILES string of the molecule is O=C(C[C@@H]1OC(=O)[C@@H](CC(=O)c2ccc(Cl)cc2)[C@H]1Cc1ccccc1)c1ccccc1.